The van der Waals surface area contributed by atoms with Gasteiger partial charge in [0.25, 0.3) is 0 Å². The highest BCUT2D eigenvalue weighted by Gasteiger charge is 2.37. The van der Waals surface area contributed by atoms with E-state index in [0.29, 0.717) is 29.9 Å². The molecule has 6 heteroatoms. The molecule has 21 heavy (non-hydrogen) atoms. The lowest BCUT2D eigenvalue weighted by Gasteiger charge is -2.27. The molecule has 0 bridgehead atoms. The van der Waals surface area contributed by atoms with Crippen molar-refractivity contribution in [3.63, 3.8) is 0 Å². The van der Waals surface area contributed by atoms with Crippen LogP contribution in [0.3, 0.4) is 0 Å². The second kappa shape index (κ2) is 5.35. The fourth-order valence-electron chi connectivity index (χ4n) is 2.73. The quantitative estimate of drug-likeness (QED) is 0.815. The molecule has 0 amide bonds. The van der Waals surface area contributed by atoms with Crippen LogP contribution in [0.4, 0.5) is 8.78 Å². The van der Waals surface area contributed by atoms with Crippen molar-refractivity contribution in [3.8, 4) is 5.82 Å². The van der Waals surface area contributed by atoms with Crippen LogP contribution < -0.4 is 0 Å². The van der Waals surface area contributed by atoms with Gasteiger partial charge in [-0.3, -0.25) is 4.79 Å². The molecule has 0 unspecified atom stereocenters. The maximum atomic E-state index is 13.2. The van der Waals surface area contributed by atoms with Gasteiger partial charge in [0.2, 0.25) is 5.92 Å². The lowest BCUT2D eigenvalue weighted by molar-refractivity contribution is -0.0385. The van der Waals surface area contributed by atoms with Crippen LogP contribution in [-0.4, -0.2) is 27.0 Å². The summed E-state index contributed by atoms with van der Waals surface area (Å²) in [4.78, 5) is 15.4. The molecule has 0 radical (unpaired) electrons. The van der Waals surface area contributed by atoms with Gasteiger partial charge in [0.15, 0.2) is 12.1 Å². The maximum absolute atomic E-state index is 13.2. The van der Waals surface area contributed by atoms with E-state index in [1.54, 1.807) is 24.5 Å². The number of aromatic nitrogens is 3. The number of pyridine rings is 1. The summed E-state index contributed by atoms with van der Waals surface area (Å²) in [6.07, 6.45) is 4.39. The van der Waals surface area contributed by atoms with Crippen molar-refractivity contribution >= 4 is 6.29 Å². The molecule has 1 aliphatic rings. The van der Waals surface area contributed by atoms with Crippen molar-refractivity contribution in [2.24, 2.45) is 0 Å². The third kappa shape index (κ3) is 2.84. The van der Waals surface area contributed by atoms with E-state index in [1.807, 2.05) is 6.07 Å². The number of rotatable bonds is 3. The van der Waals surface area contributed by atoms with Crippen molar-refractivity contribution in [2.75, 3.05) is 0 Å². The number of hydrogen-bond donors (Lipinski definition) is 0. The molecule has 0 spiro atoms. The molecule has 110 valence electrons. The van der Waals surface area contributed by atoms with E-state index in [4.69, 9.17) is 0 Å². The Morgan fingerprint density at radius 2 is 2.05 bits per heavy atom. The van der Waals surface area contributed by atoms with Crippen LogP contribution in [0, 0.1) is 0 Å². The summed E-state index contributed by atoms with van der Waals surface area (Å²) in [6.45, 7) is 0. The van der Waals surface area contributed by atoms with E-state index < -0.39 is 5.92 Å². The summed E-state index contributed by atoms with van der Waals surface area (Å²) < 4.78 is 28.0. The molecule has 1 saturated carbocycles. The van der Waals surface area contributed by atoms with E-state index in [2.05, 4.69) is 10.1 Å². The Morgan fingerprint density at radius 3 is 2.67 bits per heavy atom. The average molecular weight is 291 g/mol. The van der Waals surface area contributed by atoms with E-state index in [9.17, 15) is 13.6 Å². The smallest absolute Gasteiger partial charge is 0.248 e. The number of carbonyl (C=O) groups is 1. The van der Waals surface area contributed by atoms with Gasteiger partial charge in [-0.15, -0.1) is 0 Å². The molecule has 1 aliphatic carbocycles. The van der Waals surface area contributed by atoms with Gasteiger partial charge in [0.05, 0.1) is 11.3 Å². The van der Waals surface area contributed by atoms with Crippen molar-refractivity contribution in [1.29, 1.82) is 0 Å². The summed E-state index contributed by atoms with van der Waals surface area (Å²) in [5.41, 5.74) is 1.06. The van der Waals surface area contributed by atoms with Gasteiger partial charge >= 0.3 is 0 Å². The highest BCUT2D eigenvalue weighted by molar-refractivity contribution is 5.76. The van der Waals surface area contributed by atoms with Gasteiger partial charge in [-0.25, -0.2) is 18.4 Å². The Hall–Kier alpha value is -2.11. The topological polar surface area (TPSA) is 47.8 Å². The molecule has 0 saturated heterocycles. The van der Waals surface area contributed by atoms with Crippen LogP contribution in [0.15, 0.2) is 30.6 Å². The van der Waals surface area contributed by atoms with Gasteiger partial charge in [-0.1, -0.05) is 6.07 Å². The average Bonchev–Trinajstić information content (AvgIpc) is 2.92. The zero-order valence-electron chi connectivity index (χ0n) is 11.4. The van der Waals surface area contributed by atoms with Gasteiger partial charge in [0.1, 0.15) is 0 Å². The minimum absolute atomic E-state index is 0.0882. The highest BCUT2D eigenvalue weighted by Crippen LogP contribution is 2.41. The predicted molar refractivity (Wildman–Crippen MR) is 72.9 cm³/mol. The minimum atomic E-state index is -2.58. The van der Waals surface area contributed by atoms with Gasteiger partial charge < -0.3 is 0 Å². The van der Waals surface area contributed by atoms with Gasteiger partial charge in [-0.05, 0) is 25.0 Å². The molecule has 2 aromatic rings. The van der Waals surface area contributed by atoms with Crippen LogP contribution in [-0.2, 0) is 0 Å². The number of nitrogens with zero attached hydrogens (tertiary/aromatic N) is 3. The highest BCUT2D eigenvalue weighted by atomic mass is 19.3. The van der Waals surface area contributed by atoms with Crippen molar-refractivity contribution in [3.05, 3.63) is 41.9 Å². The zero-order valence-corrected chi connectivity index (χ0v) is 11.4. The SMILES string of the molecule is O=Cc1cn(-c2ccccn2)nc1C1CCC(F)(F)CC1. The van der Waals surface area contributed by atoms with E-state index in [0.717, 1.165) is 6.29 Å². The van der Waals surface area contributed by atoms with Crippen LogP contribution in [0.2, 0.25) is 0 Å². The van der Waals surface area contributed by atoms with Crippen LogP contribution in [0.1, 0.15) is 47.7 Å². The first-order valence-corrected chi connectivity index (χ1v) is 6.93. The second-order valence-corrected chi connectivity index (χ2v) is 5.35. The zero-order chi connectivity index (χ0) is 14.9. The standard InChI is InChI=1S/C15H15F2N3O/c16-15(17)6-4-11(5-7-15)14-12(10-21)9-20(19-14)13-3-1-2-8-18-13/h1-3,8-11H,4-7H2. The maximum Gasteiger partial charge on any atom is 0.248 e. The molecule has 2 heterocycles. The molecule has 0 aromatic carbocycles. The van der Waals surface area contributed by atoms with Gasteiger partial charge in [-0.2, -0.15) is 5.10 Å². The Morgan fingerprint density at radius 1 is 1.29 bits per heavy atom. The van der Waals surface area contributed by atoms with Crippen LogP contribution in [0.5, 0.6) is 0 Å². The molecule has 2 aromatic heterocycles. The molecular weight excluding hydrogens is 276 g/mol. The van der Waals surface area contributed by atoms with E-state index in [1.165, 1.54) is 4.68 Å². The van der Waals surface area contributed by atoms with E-state index >= 15 is 0 Å². The number of hydrogen-bond acceptors (Lipinski definition) is 3. The predicted octanol–water partition coefficient (Wildman–Crippen LogP) is 3.37. The molecule has 0 atom stereocenters. The third-order valence-corrected chi connectivity index (χ3v) is 3.89. The van der Waals surface area contributed by atoms with Crippen molar-refractivity contribution < 1.29 is 13.6 Å². The summed E-state index contributed by atoms with van der Waals surface area (Å²) in [7, 11) is 0. The molecule has 4 nitrogen and oxygen atoms in total. The summed E-state index contributed by atoms with van der Waals surface area (Å²) in [6, 6.07) is 5.39. The summed E-state index contributed by atoms with van der Waals surface area (Å²) in [5.74, 6) is -2.07. The minimum Gasteiger partial charge on any atom is -0.298 e. The molecular formula is C15H15F2N3O. The monoisotopic (exact) mass is 291 g/mol. The van der Waals surface area contributed by atoms with Crippen molar-refractivity contribution in [2.45, 2.75) is 37.5 Å². The number of halogens is 2. The molecule has 3 rings (SSSR count). The number of alkyl halides is 2. The first kappa shape index (κ1) is 13.9. The molecule has 0 aliphatic heterocycles. The third-order valence-electron chi connectivity index (χ3n) is 3.89. The fraction of sp³-hybridized carbons (Fsp3) is 0.400. The van der Waals surface area contributed by atoms with Crippen LogP contribution >= 0.6 is 0 Å². The normalized spacial score (nSPS) is 18.6. The number of carbonyl (C=O) groups excluding carboxylic acids is 1. The van der Waals surface area contributed by atoms with Gasteiger partial charge in [0, 0.05) is 31.2 Å². The molecule has 0 N–H and O–H groups in total. The fourth-order valence-corrected chi connectivity index (χ4v) is 2.73. The summed E-state index contributed by atoms with van der Waals surface area (Å²) >= 11 is 0. The van der Waals surface area contributed by atoms with Crippen molar-refractivity contribution in [1.82, 2.24) is 14.8 Å². The lowest BCUT2D eigenvalue weighted by Crippen LogP contribution is -2.24. The second-order valence-electron chi connectivity index (χ2n) is 5.35. The Labute approximate surface area is 120 Å². The Bertz CT molecular complexity index is 630. The Kier molecular flexibility index (Phi) is 3.53. The lowest BCUT2D eigenvalue weighted by atomic mass is 9.84. The summed E-state index contributed by atoms with van der Waals surface area (Å²) in [5, 5.41) is 4.40. The van der Waals surface area contributed by atoms with E-state index in [-0.39, 0.29) is 18.8 Å². The Balaban J connectivity index is 1.89. The largest absolute Gasteiger partial charge is 0.298 e. The van der Waals surface area contributed by atoms with Crippen LogP contribution in [0.25, 0.3) is 5.82 Å². The first-order valence-electron chi connectivity index (χ1n) is 6.93. The molecule has 1 fully saturated rings. The number of aldehydes is 1. The first-order chi connectivity index (χ1) is 10.1.